The molecule has 6 nitrogen and oxygen atoms in total. The van der Waals surface area contributed by atoms with Crippen molar-refractivity contribution in [1.82, 2.24) is 9.97 Å². The molecule has 29 heavy (non-hydrogen) atoms. The van der Waals surface area contributed by atoms with Crippen LogP contribution in [0.1, 0.15) is 44.6 Å². The Labute approximate surface area is 172 Å². The third-order valence-electron chi connectivity index (χ3n) is 3.86. The summed E-state index contributed by atoms with van der Waals surface area (Å²) in [5.41, 5.74) is 3.63. The lowest BCUT2D eigenvalue weighted by atomic mass is 10.1. The Morgan fingerprint density at radius 2 is 1.55 bits per heavy atom. The number of aromatic nitrogens is 2. The summed E-state index contributed by atoms with van der Waals surface area (Å²) < 4.78 is 11.0. The molecule has 1 aromatic heterocycles. The molecule has 6 heteroatoms. The van der Waals surface area contributed by atoms with Gasteiger partial charge in [0, 0.05) is 25.8 Å². The van der Waals surface area contributed by atoms with Crippen LogP contribution < -0.4 is 0 Å². The summed E-state index contributed by atoms with van der Waals surface area (Å²) in [4.78, 5) is 14.1. The van der Waals surface area contributed by atoms with Gasteiger partial charge in [0.25, 0.3) is 0 Å². The molecule has 2 aromatic rings. The molecule has 0 aliphatic rings. The molecule has 0 bridgehead atoms. The lowest BCUT2D eigenvalue weighted by molar-refractivity contribution is 0.116. The van der Waals surface area contributed by atoms with Crippen LogP contribution >= 0.6 is 0 Å². The van der Waals surface area contributed by atoms with Crippen molar-refractivity contribution in [2.24, 2.45) is 5.16 Å². The van der Waals surface area contributed by atoms with Crippen LogP contribution in [0.25, 0.3) is 11.0 Å². The lowest BCUT2D eigenvalue weighted by Gasteiger charge is -2.05. The first-order valence-electron chi connectivity index (χ1n) is 9.69. The van der Waals surface area contributed by atoms with Gasteiger partial charge < -0.3 is 14.3 Å². The SMILES string of the molecule is CCOC(C)C#Cc1nc2ccc(C/C=N/OC)cc2nc1C#CC(C)OCC. The van der Waals surface area contributed by atoms with Crippen molar-refractivity contribution in [3.8, 4) is 23.7 Å². The maximum absolute atomic E-state index is 5.49. The van der Waals surface area contributed by atoms with Gasteiger partial charge in [-0.05, 0) is 57.2 Å². The predicted molar refractivity (Wildman–Crippen MR) is 115 cm³/mol. The molecule has 0 amide bonds. The van der Waals surface area contributed by atoms with Crippen LogP contribution in [0.2, 0.25) is 0 Å². The van der Waals surface area contributed by atoms with Crippen LogP contribution in [0.15, 0.2) is 23.4 Å². The van der Waals surface area contributed by atoms with Crippen molar-refractivity contribution >= 4 is 17.2 Å². The Hall–Kier alpha value is -2.93. The molecular weight excluding hydrogens is 366 g/mol. The number of rotatable bonds is 7. The molecule has 0 fully saturated rings. The van der Waals surface area contributed by atoms with E-state index < -0.39 is 0 Å². The van der Waals surface area contributed by atoms with Crippen LogP contribution in [0.5, 0.6) is 0 Å². The van der Waals surface area contributed by atoms with E-state index in [2.05, 4.69) is 33.8 Å². The fraction of sp³-hybridized carbons (Fsp3) is 0.435. The molecule has 0 N–H and O–H groups in total. The molecule has 152 valence electrons. The van der Waals surface area contributed by atoms with Crippen LogP contribution in [-0.2, 0) is 20.7 Å². The highest BCUT2D eigenvalue weighted by molar-refractivity contribution is 5.77. The van der Waals surface area contributed by atoms with Gasteiger partial charge >= 0.3 is 0 Å². The molecule has 0 aliphatic carbocycles. The standard InChI is InChI=1S/C23H27N3O3/c1-6-28-17(3)8-11-20-21(12-9-18(4)29-7-2)26-23-16-19(14-15-24-27-5)10-13-22(23)25-20/h10,13,15-18H,6-7,14H2,1-5H3/b24-15+. The summed E-state index contributed by atoms with van der Waals surface area (Å²) in [5, 5.41) is 3.77. The second-order valence-electron chi connectivity index (χ2n) is 6.15. The van der Waals surface area contributed by atoms with E-state index in [0.717, 1.165) is 16.6 Å². The maximum atomic E-state index is 5.49. The summed E-state index contributed by atoms with van der Waals surface area (Å²) in [6.45, 7) is 8.89. The van der Waals surface area contributed by atoms with Crippen molar-refractivity contribution in [3.63, 3.8) is 0 Å². The van der Waals surface area contributed by atoms with Crippen molar-refractivity contribution in [3.05, 3.63) is 35.2 Å². The van der Waals surface area contributed by atoms with Crippen LogP contribution in [-0.4, -0.2) is 48.7 Å². The van der Waals surface area contributed by atoms with E-state index in [1.54, 1.807) is 6.21 Å². The summed E-state index contributed by atoms with van der Waals surface area (Å²) in [6.07, 6.45) is 1.95. The zero-order valence-electron chi connectivity index (χ0n) is 17.7. The van der Waals surface area contributed by atoms with Crippen LogP contribution in [0.3, 0.4) is 0 Å². The van der Waals surface area contributed by atoms with Gasteiger partial charge in [-0.1, -0.05) is 23.1 Å². The van der Waals surface area contributed by atoms with Gasteiger partial charge in [0.1, 0.15) is 30.7 Å². The Balaban J connectivity index is 2.46. The van der Waals surface area contributed by atoms with E-state index in [4.69, 9.17) is 19.3 Å². The Bertz CT molecular complexity index is 964. The Kier molecular flexibility index (Phi) is 9.11. The monoisotopic (exact) mass is 393 g/mol. The molecule has 0 saturated carbocycles. The highest BCUT2D eigenvalue weighted by Gasteiger charge is 2.07. The van der Waals surface area contributed by atoms with Crippen molar-refractivity contribution < 1.29 is 14.3 Å². The van der Waals surface area contributed by atoms with E-state index in [1.807, 2.05) is 45.9 Å². The van der Waals surface area contributed by atoms with E-state index in [-0.39, 0.29) is 12.2 Å². The highest BCUT2D eigenvalue weighted by Crippen LogP contribution is 2.15. The molecule has 0 radical (unpaired) electrons. The maximum Gasteiger partial charge on any atom is 0.148 e. The number of hydrogen-bond donors (Lipinski definition) is 0. The smallest absolute Gasteiger partial charge is 0.148 e. The zero-order chi connectivity index (χ0) is 21.1. The molecule has 1 heterocycles. The summed E-state index contributed by atoms with van der Waals surface area (Å²) in [7, 11) is 1.52. The Morgan fingerprint density at radius 3 is 2.10 bits per heavy atom. The first-order chi connectivity index (χ1) is 14.1. The fourth-order valence-corrected chi connectivity index (χ4v) is 2.54. The second-order valence-corrected chi connectivity index (χ2v) is 6.15. The molecular formula is C23H27N3O3. The van der Waals surface area contributed by atoms with Crippen LogP contribution in [0.4, 0.5) is 0 Å². The van der Waals surface area contributed by atoms with E-state index in [9.17, 15) is 0 Å². The molecule has 2 unspecified atom stereocenters. The predicted octanol–water partition coefficient (Wildman–Crippen LogP) is 3.36. The van der Waals surface area contributed by atoms with Crippen molar-refractivity contribution in [2.75, 3.05) is 20.3 Å². The van der Waals surface area contributed by atoms with Gasteiger partial charge in [0.05, 0.1) is 11.0 Å². The fourth-order valence-electron chi connectivity index (χ4n) is 2.54. The van der Waals surface area contributed by atoms with Gasteiger partial charge in [0.15, 0.2) is 0 Å². The van der Waals surface area contributed by atoms with E-state index in [0.29, 0.717) is 31.0 Å². The van der Waals surface area contributed by atoms with E-state index in [1.165, 1.54) is 7.11 Å². The molecule has 0 saturated heterocycles. The number of ether oxygens (including phenoxy) is 2. The van der Waals surface area contributed by atoms with Gasteiger partial charge in [-0.15, -0.1) is 0 Å². The highest BCUT2D eigenvalue weighted by atomic mass is 16.6. The van der Waals surface area contributed by atoms with Gasteiger partial charge in [-0.25, -0.2) is 9.97 Å². The van der Waals surface area contributed by atoms with Gasteiger partial charge in [-0.2, -0.15) is 0 Å². The second kappa shape index (κ2) is 11.8. The number of benzene rings is 1. The lowest BCUT2D eigenvalue weighted by Crippen LogP contribution is -2.06. The summed E-state index contributed by atoms with van der Waals surface area (Å²) >= 11 is 0. The van der Waals surface area contributed by atoms with E-state index >= 15 is 0 Å². The molecule has 0 aliphatic heterocycles. The average molecular weight is 393 g/mol. The third-order valence-corrected chi connectivity index (χ3v) is 3.86. The number of fused-ring (bicyclic) bond motifs is 1. The van der Waals surface area contributed by atoms with Gasteiger partial charge in [-0.3, -0.25) is 0 Å². The molecule has 0 spiro atoms. The molecule has 2 atom stereocenters. The van der Waals surface area contributed by atoms with Crippen molar-refractivity contribution in [1.29, 1.82) is 0 Å². The largest absolute Gasteiger partial charge is 0.399 e. The van der Waals surface area contributed by atoms with Crippen LogP contribution in [0, 0.1) is 23.7 Å². The first kappa shape index (κ1) is 22.4. The quantitative estimate of drug-likeness (QED) is 0.410. The molecule has 2 rings (SSSR count). The summed E-state index contributed by atoms with van der Waals surface area (Å²) in [6, 6.07) is 5.89. The molecule has 1 aromatic carbocycles. The minimum absolute atomic E-state index is 0.192. The number of nitrogens with zero attached hydrogens (tertiary/aromatic N) is 3. The zero-order valence-corrected chi connectivity index (χ0v) is 17.7. The Morgan fingerprint density at radius 1 is 0.966 bits per heavy atom. The number of oxime groups is 1. The topological polar surface area (TPSA) is 65.8 Å². The first-order valence-corrected chi connectivity index (χ1v) is 9.69. The van der Waals surface area contributed by atoms with Crippen molar-refractivity contribution in [2.45, 2.75) is 46.3 Å². The summed E-state index contributed by atoms with van der Waals surface area (Å²) in [5.74, 6) is 12.3. The third kappa shape index (κ3) is 7.19. The minimum Gasteiger partial charge on any atom is -0.399 e. The average Bonchev–Trinajstić information content (AvgIpc) is 2.71. The van der Waals surface area contributed by atoms with Gasteiger partial charge in [0.2, 0.25) is 0 Å². The number of hydrogen-bond acceptors (Lipinski definition) is 6. The minimum atomic E-state index is -0.197. The normalized spacial score (nSPS) is 12.7.